The summed E-state index contributed by atoms with van der Waals surface area (Å²) in [5.41, 5.74) is 7.47. The first-order valence-corrected chi connectivity index (χ1v) is 4.65. The smallest absolute Gasteiger partial charge is 0.329 e. The first kappa shape index (κ1) is 8.99. The minimum Gasteiger partial charge on any atom is -0.329 e. The van der Waals surface area contributed by atoms with Gasteiger partial charge >= 0.3 is 13.4 Å². The number of anilines is 1. The van der Waals surface area contributed by atoms with Crippen molar-refractivity contribution in [3.8, 4) is 0 Å². The Morgan fingerprint density at radius 3 is 3.21 bits per heavy atom. The second kappa shape index (κ2) is 3.65. The number of hydrogen-bond acceptors (Lipinski definition) is 3. The second-order valence-electron chi connectivity index (χ2n) is 3.10. The van der Waals surface area contributed by atoms with Gasteiger partial charge in [-0.2, -0.15) is 0 Å². The molecule has 2 aromatic heterocycles. The molecule has 0 fully saturated rings. The molecule has 5 nitrogen and oxygen atoms in total. The monoisotopic (exact) mass is 189 g/mol. The minimum atomic E-state index is 0.470. The van der Waals surface area contributed by atoms with Crippen molar-refractivity contribution in [3.05, 3.63) is 12.5 Å². The van der Waals surface area contributed by atoms with E-state index in [9.17, 15) is 0 Å². The molecule has 71 valence electrons. The number of nitrogens with one attached hydrogen (secondary N) is 1. The number of nitrogens with two attached hydrogens (primary N) is 1. The Labute approximate surface area is 82.6 Å². The highest BCUT2D eigenvalue weighted by molar-refractivity contribution is 6.25. The molecule has 1 radical (unpaired) electrons. The maximum absolute atomic E-state index is 5.75. The van der Waals surface area contributed by atoms with Crippen LogP contribution < -0.4 is 10.2 Å². The third-order valence-corrected chi connectivity index (χ3v) is 2.05. The molecule has 0 aromatic carbocycles. The van der Waals surface area contributed by atoms with Gasteiger partial charge in [-0.25, -0.2) is 0 Å². The summed E-state index contributed by atoms with van der Waals surface area (Å²) >= 11 is 0. The maximum atomic E-state index is 5.75. The van der Waals surface area contributed by atoms with E-state index in [1.54, 1.807) is 12.5 Å². The molecule has 0 unspecified atom stereocenters. The number of hydrogen-bond donors (Lipinski definition) is 2. The van der Waals surface area contributed by atoms with Crippen LogP contribution in [0.4, 0.5) is 5.95 Å². The standard InChI is InChI=1S/C8H12BN5/c1-2-3-9-14-7-6(12-5-13-7)4-11-8(14)10/h4-5H,2-3H2,1H3,(H2,10,11)(H,12,13)/q+1. The van der Waals surface area contributed by atoms with Gasteiger partial charge in [-0.1, -0.05) is 13.3 Å². The Kier molecular flexibility index (Phi) is 2.34. The highest BCUT2D eigenvalue weighted by Gasteiger charge is 2.13. The van der Waals surface area contributed by atoms with E-state index in [1.807, 2.05) is 11.9 Å². The number of nitrogens with zero attached hydrogens (tertiary/aromatic N) is 3. The fourth-order valence-corrected chi connectivity index (χ4v) is 1.32. The van der Waals surface area contributed by atoms with Gasteiger partial charge in [0.15, 0.2) is 6.33 Å². The van der Waals surface area contributed by atoms with Gasteiger partial charge in [-0.3, -0.25) is 4.48 Å². The van der Waals surface area contributed by atoms with Crippen LogP contribution in [0.5, 0.6) is 0 Å². The van der Waals surface area contributed by atoms with Gasteiger partial charge in [0.05, 0.1) is 0 Å². The zero-order chi connectivity index (χ0) is 9.97. The molecular weight excluding hydrogens is 177 g/mol. The number of imidazole rings is 1. The van der Waals surface area contributed by atoms with Gasteiger partial charge in [0.25, 0.3) is 0 Å². The highest BCUT2D eigenvalue weighted by Crippen LogP contribution is 2.02. The lowest BCUT2D eigenvalue weighted by Crippen LogP contribution is -2.44. The van der Waals surface area contributed by atoms with Crippen LogP contribution in [0, 0.1) is 0 Å². The molecular formula is C8H12BN5+. The van der Waals surface area contributed by atoms with Crippen LogP contribution in [-0.2, 0) is 0 Å². The van der Waals surface area contributed by atoms with Gasteiger partial charge < -0.3 is 10.7 Å². The van der Waals surface area contributed by atoms with Crippen LogP contribution in [0.2, 0.25) is 6.32 Å². The lowest BCUT2D eigenvalue weighted by atomic mass is 9.87. The Morgan fingerprint density at radius 1 is 1.57 bits per heavy atom. The Bertz CT molecular complexity index is 438. The normalized spacial score (nSPS) is 10.6. The summed E-state index contributed by atoms with van der Waals surface area (Å²) in [6.07, 6.45) is 5.37. The molecule has 0 bridgehead atoms. The summed E-state index contributed by atoms with van der Waals surface area (Å²) < 4.78 is 1.81. The van der Waals surface area contributed by atoms with E-state index in [-0.39, 0.29) is 0 Å². The van der Waals surface area contributed by atoms with E-state index in [2.05, 4.69) is 21.9 Å². The van der Waals surface area contributed by atoms with Crippen molar-refractivity contribution in [1.82, 2.24) is 15.0 Å². The average molecular weight is 189 g/mol. The van der Waals surface area contributed by atoms with Gasteiger partial charge in [0.2, 0.25) is 5.65 Å². The third kappa shape index (κ3) is 1.43. The molecule has 2 aromatic rings. The Balaban J connectivity index is 2.47. The molecule has 0 aliphatic rings. The molecule has 0 amide bonds. The lowest BCUT2D eigenvalue weighted by molar-refractivity contribution is -0.488. The quantitative estimate of drug-likeness (QED) is 0.673. The van der Waals surface area contributed by atoms with Crippen molar-refractivity contribution >= 4 is 24.5 Å². The number of fused-ring (bicyclic) bond motifs is 1. The summed E-state index contributed by atoms with van der Waals surface area (Å²) in [7, 11) is 2.01. The molecule has 0 saturated carbocycles. The van der Waals surface area contributed by atoms with Crippen LogP contribution in [0.25, 0.3) is 11.2 Å². The predicted molar refractivity (Wildman–Crippen MR) is 54.7 cm³/mol. The van der Waals surface area contributed by atoms with Gasteiger partial charge in [0.1, 0.15) is 11.7 Å². The molecule has 14 heavy (non-hydrogen) atoms. The molecule has 0 spiro atoms. The zero-order valence-electron chi connectivity index (χ0n) is 8.07. The van der Waals surface area contributed by atoms with Gasteiger partial charge in [-0.15, -0.1) is 9.97 Å². The number of nitrogen functional groups attached to an aromatic ring is 1. The van der Waals surface area contributed by atoms with Gasteiger partial charge in [-0.05, 0) is 6.32 Å². The van der Waals surface area contributed by atoms with Crippen molar-refractivity contribution in [2.24, 2.45) is 0 Å². The fourth-order valence-electron chi connectivity index (χ4n) is 1.32. The highest BCUT2D eigenvalue weighted by atomic mass is 15.1. The summed E-state index contributed by atoms with van der Waals surface area (Å²) in [6.45, 7) is 2.12. The number of H-pyrrole nitrogens is 1. The Morgan fingerprint density at radius 2 is 2.43 bits per heavy atom. The Hall–Kier alpha value is -1.59. The van der Waals surface area contributed by atoms with Crippen molar-refractivity contribution < 1.29 is 4.48 Å². The van der Waals surface area contributed by atoms with E-state index < -0.39 is 0 Å². The second-order valence-corrected chi connectivity index (χ2v) is 3.10. The minimum absolute atomic E-state index is 0.470. The molecule has 3 N–H and O–H groups in total. The van der Waals surface area contributed by atoms with Crippen LogP contribution in [-0.4, -0.2) is 22.4 Å². The van der Waals surface area contributed by atoms with Crippen molar-refractivity contribution in [1.29, 1.82) is 0 Å². The van der Waals surface area contributed by atoms with Crippen LogP contribution >= 0.6 is 0 Å². The molecule has 2 heterocycles. The zero-order valence-corrected chi connectivity index (χ0v) is 8.07. The molecule has 6 heteroatoms. The van der Waals surface area contributed by atoms with Crippen LogP contribution in [0.1, 0.15) is 13.3 Å². The summed E-state index contributed by atoms with van der Waals surface area (Å²) in [6, 6.07) is 0. The number of aromatic amines is 1. The molecule has 0 aliphatic carbocycles. The van der Waals surface area contributed by atoms with Crippen LogP contribution in [0.15, 0.2) is 12.5 Å². The van der Waals surface area contributed by atoms with E-state index in [0.29, 0.717) is 5.95 Å². The van der Waals surface area contributed by atoms with E-state index in [1.165, 1.54) is 0 Å². The first-order valence-electron chi connectivity index (χ1n) is 4.65. The number of rotatable bonds is 3. The third-order valence-electron chi connectivity index (χ3n) is 2.05. The van der Waals surface area contributed by atoms with E-state index in [0.717, 1.165) is 23.9 Å². The molecule has 2 rings (SSSR count). The summed E-state index contributed by atoms with van der Waals surface area (Å²) in [4.78, 5) is 11.3. The molecule has 0 atom stereocenters. The lowest BCUT2D eigenvalue weighted by Gasteiger charge is -2.00. The van der Waals surface area contributed by atoms with Crippen molar-refractivity contribution in [2.75, 3.05) is 5.73 Å². The van der Waals surface area contributed by atoms with Gasteiger partial charge in [0, 0.05) is 0 Å². The molecule has 0 aliphatic heterocycles. The van der Waals surface area contributed by atoms with Crippen molar-refractivity contribution in [3.63, 3.8) is 0 Å². The van der Waals surface area contributed by atoms with Crippen LogP contribution in [0.3, 0.4) is 0 Å². The topological polar surface area (TPSA) is 71.5 Å². The average Bonchev–Trinajstić information content (AvgIpc) is 2.64. The largest absolute Gasteiger partial charge is 0.333 e. The SMILES string of the molecule is CCC[B][n+]1c(N)ncc2[nH]cnc21. The fraction of sp³-hybridized carbons (Fsp3) is 0.375. The summed E-state index contributed by atoms with van der Waals surface area (Å²) in [5.74, 6) is 0.470. The van der Waals surface area contributed by atoms with E-state index in [4.69, 9.17) is 5.73 Å². The molecule has 0 saturated heterocycles. The number of aromatic nitrogens is 4. The van der Waals surface area contributed by atoms with E-state index >= 15 is 0 Å². The maximum Gasteiger partial charge on any atom is 0.333 e. The first-order chi connectivity index (χ1) is 6.83. The predicted octanol–water partition coefficient (Wildman–Crippen LogP) is 0.123. The van der Waals surface area contributed by atoms with Crippen molar-refractivity contribution in [2.45, 2.75) is 19.7 Å². The summed E-state index contributed by atoms with van der Waals surface area (Å²) in [5, 5.41) is 0.